The van der Waals surface area contributed by atoms with Gasteiger partial charge in [0.05, 0.1) is 13.2 Å². The lowest BCUT2D eigenvalue weighted by Gasteiger charge is -2.17. The van der Waals surface area contributed by atoms with Crippen molar-refractivity contribution in [2.75, 3.05) is 7.11 Å². The second kappa shape index (κ2) is 6.26. The predicted octanol–water partition coefficient (Wildman–Crippen LogP) is 3.69. The van der Waals surface area contributed by atoms with E-state index in [1.54, 1.807) is 7.11 Å². The highest BCUT2D eigenvalue weighted by Gasteiger charge is 2.16. The Labute approximate surface area is 114 Å². The molecule has 0 fully saturated rings. The summed E-state index contributed by atoms with van der Waals surface area (Å²) in [5, 5.41) is 12.6. The monoisotopic (exact) mass is 254 g/mol. The molecule has 0 aromatic heterocycles. The molecular formula is C17H18O2. The fourth-order valence-electron chi connectivity index (χ4n) is 2.34. The van der Waals surface area contributed by atoms with Crippen LogP contribution in [-0.4, -0.2) is 12.2 Å². The molecule has 2 rings (SSSR count). The summed E-state index contributed by atoms with van der Waals surface area (Å²) in [7, 11) is 1.63. The van der Waals surface area contributed by atoms with Gasteiger partial charge in [-0.25, -0.2) is 0 Å². The number of hydrogen-bond donors (Lipinski definition) is 1. The van der Waals surface area contributed by atoms with Gasteiger partial charge in [0.15, 0.2) is 0 Å². The number of unbranched alkanes of at least 4 members (excludes halogenated alkanes) is 1. The van der Waals surface area contributed by atoms with Crippen molar-refractivity contribution in [3.05, 3.63) is 42.0 Å². The van der Waals surface area contributed by atoms with Crippen molar-refractivity contribution in [1.82, 2.24) is 0 Å². The van der Waals surface area contributed by atoms with E-state index in [0.717, 1.165) is 28.5 Å². The molecule has 98 valence electrons. The second-order valence-electron chi connectivity index (χ2n) is 4.51. The third kappa shape index (κ3) is 2.89. The van der Waals surface area contributed by atoms with E-state index in [1.807, 2.05) is 36.4 Å². The molecule has 0 aliphatic carbocycles. The van der Waals surface area contributed by atoms with Gasteiger partial charge in [0, 0.05) is 12.0 Å². The van der Waals surface area contributed by atoms with Crippen LogP contribution in [0.15, 0.2) is 36.4 Å². The minimum absolute atomic E-state index is 0.547. The molecule has 19 heavy (non-hydrogen) atoms. The van der Waals surface area contributed by atoms with Crippen LogP contribution in [0.2, 0.25) is 0 Å². The zero-order valence-corrected chi connectivity index (χ0v) is 11.1. The Hall–Kier alpha value is -1.98. The van der Waals surface area contributed by atoms with Gasteiger partial charge in [0.2, 0.25) is 0 Å². The van der Waals surface area contributed by atoms with Gasteiger partial charge in [-0.05, 0) is 29.7 Å². The second-order valence-corrected chi connectivity index (χ2v) is 4.51. The largest absolute Gasteiger partial charge is 0.496 e. The first-order valence-corrected chi connectivity index (χ1v) is 6.45. The van der Waals surface area contributed by atoms with Crippen LogP contribution in [0.5, 0.6) is 5.75 Å². The molecule has 0 aliphatic heterocycles. The van der Waals surface area contributed by atoms with Crippen molar-refractivity contribution < 1.29 is 9.84 Å². The summed E-state index contributed by atoms with van der Waals surface area (Å²) in [6.07, 6.45) is 6.84. The van der Waals surface area contributed by atoms with Crippen LogP contribution in [-0.2, 0) is 0 Å². The Balaban J connectivity index is 2.41. The van der Waals surface area contributed by atoms with Gasteiger partial charge in [-0.15, -0.1) is 12.3 Å². The lowest BCUT2D eigenvalue weighted by Crippen LogP contribution is -2.02. The van der Waals surface area contributed by atoms with Crippen LogP contribution in [0.1, 0.15) is 30.9 Å². The average Bonchev–Trinajstić information content (AvgIpc) is 2.46. The van der Waals surface area contributed by atoms with E-state index in [1.165, 1.54) is 0 Å². The Bertz CT molecular complexity index is 596. The summed E-state index contributed by atoms with van der Waals surface area (Å²) in [5.74, 6) is 3.33. The van der Waals surface area contributed by atoms with Crippen LogP contribution in [0.3, 0.4) is 0 Å². The Morgan fingerprint density at radius 1 is 1.26 bits per heavy atom. The highest BCUT2D eigenvalue weighted by atomic mass is 16.5. The number of ether oxygens (including phenoxy) is 1. The van der Waals surface area contributed by atoms with E-state index in [0.29, 0.717) is 12.8 Å². The summed E-state index contributed by atoms with van der Waals surface area (Å²) in [6, 6.07) is 11.9. The summed E-state index contributed by atoms with van der Waals surface area (Å²) in [5.41, 5.74) is 0.859. The van der Waals surface area contributed by atoms with Gasteiger partial charge in [-0.2, -0.15) is 0 Å². The van der Waals surface area contributed by atoms with Crippen LogP contribution >= 0.6 is 0 Å². The predicted molar refractivity (Wildman–Crippen MR) is 78.1 cm³/mol. The molecule has 2 heteroatoms. The van der Waals surface area contributed by atoms with Gasteiger partial charge >= 0.3 is 0 Å². The lowest BCUT2D eigenvalue weighted by molar-refractivity contribution is 0.163. The molecule has 0 radical (unpaired) electrons. The maximum Gasteiger partial charge on any atom is 0.125 e. The minimum Gasteiger partial charge on any atom is -0.496 e. The summed E-state index contributed by atoms with van der Waals surface area (Å²) >= 11 is 0. The molecule has 1 atom stereocenters. The Morgan fingerprint density at radius 3 is 2.79 bits per heavy atom. The zero-order chi connectivity index (χ0) is 13.7. The number of terminal acetylenes is 1. The van der Waals surface area contributed by atoms with E-state index < -0.39 is 6.10 Å². The maximum atomic E-state index is 10.4. The molecule has 2 aromatic carbocycles. The fourth-order valence-corrected chi connectivity index (χ4v) is 2.34. The number of aliphatic hydroxyl groups is 1. The van der Waals surface area contributed by atoms with E-state index in [2.05, 4.69) is 5.92 Å². The maximum absolute atomic E-state index is 10.4. The molecule has 0 saturated carbocycles. The number of benzene rings is 2. The van der Waals surface area contributed by atoms with Gasteiger partial charge < -0.3 is 9.84 Å². The van der Waals surface area contributed by atoms with E-state index in [4.69, 9.17) is 11.2 Å². The highest BCUT2D eigenvalue weighted by Crippen LogP contribution is 2.35. The molecule has 0 saturated heterocycles. The Morgan fingerprint density at radius 2 is 2.05 bits per heavy atom. The summed E-state index contributed by atoms with van der Waals surface area (Å²) in [6.45, 7) is 0. The van der Waals surface area contributed by atoms with Gasteiger partial charge in [-0.3, -0.25) is 0 Å². The van der Waals surface area contributed by atoms with Crippen molar-refractivity contribution in [2.45, 2.75) is 25.4 Å². The molecule has 1 unspecified atom stereocenters. The van der Waals surface area contributed by atoms with E-state index in [9.17, 15) is 5.11 Å². The van der Waals surface area contributed by atoms with Gasteiger partial charge in [0.1, 0.15) is 5.75 Å². The molecule has 0 spiro atoms. The minimum atomic E-state index is -0.547. The van der Waals surface area contributed by atoms with Crippen LogP contribution in [0, 0.1) is 12.3 Å². The first kappa shape index (κ1) is 13.5. The van der Waals surface area contributed by atoms with E-state index >= 15 is 0 Å². The zero-order valence-electron chi connectivity index (χ0n) is 11.1. The Kier molecular flexibility index (Phi) is 4.43. The highest BCUT2D eigenvalue weighted by molar-refractivity contribution is 5.88. The standard InChI is InChI=1S/C17H18O2/c1-3-4-5-10-15(18)17-14-9-7-6-8-13(14)11-12-16(17)19-2/h1,6-9,11-12,15,18H,4-5,10H2,2H3. The van der Waals surface area contributed by atoms with Crippen molar-refractivity contribution >= 4 is 10.8 Å². The third-order valence-corrected chi connectivity index (χ3v) is 3.28. The first-order chi connectivity index (χ1) is 9.27. The lowest BCUT2D eigenvalue weighted by atomic mass is 9.96. The summed E-state index contributed by atoms with van der Waals surface area (Å²) < 4.78 is 5.38. The number of aliphatic hydroxyl groups excluding tert-OH is 1. The molecule has 2 aromatic rings. The van der Waals surface area contributed by atoms with Crippen LogP contribution < -0.4 is 4.74 Å². The summed E-state index contributed by atoms with van der Waals surface area (Å²) in [4.78, 5) is 0. The van der Waals surface area contributed by atoms with Crippen LogP contribution in [0.25, 0.3) is 10.8 Å². The van der Waals surface area contributed by atoms with Gasteiger partial charge in [0.25, 0.3) is 0 Å². The normalized spacial score (nSPS) is 12.1. The molecule has 0 heterocycles. The van der Waals surface area contributed by atoms with Gasteiger partial charge in [-0.1, -0.05) is 30.3 Å². The van der Waals surface area contributed by atoms with Crippen molar-refractivity contribution in [3.8, 4) is 18.1 Å². The topological polar surface area (TPSA) is 29.5 Å². The van der Waals surface area contributed by atoms with Crippen molar-refractivity contribution in [2.24, 2.45) is 0 Å². The number of rotatable bonds is 5. The number of hydrogen-bond acceptors (Lipinski definition) is 2. The number of methoxy groups -OCH3 is 1. The average molecular weight is 254 g/mol. The molecular weight excluding hydrogens is 236 g/mol. The molecule has 0 amide bonds. The quantitative estimate of drug-likeness (QED) is 0.651. The fraction of sp³-hybridized carbons (Fsp3) is 0.294. The van der Waals surface area contributed by atoms with Crippen molar-refractivity contribution in [3.63, 3.8) is 0 Å². The first-order valence-electron chi connectivity index (χ1n) is 6.45. The molecule has 1 N–H and O–H groups in total. The molecule has 2 nitrogen and oxygen atoms in total. The number of fused-ring (bicyclic) bond motifs is 1. The van der Waals surface area contributed by atoms with Crippen molar-refractivity contribution in [1.29, 1.82) is 0 Å². The smallest absolute Gasteiger partial charge is 0.125 e. The van der Waals surface area contributed by atoms with E-state index in [-0.39, 0.29) is 0 Å². The third-order valence-electron chi connectivity index (χ3n) is 3.28. The van der Waals surface area contributed by atoms with Crippen LogP contribution in [0.4, 0.5) is 0 Å². The molecule has 0 bridgehead atoms. The SMILES string of the molecule is C#CCCCC(O)c1c(OC)ccc2ccccc12. The molecule has 0 aliphatic rings.